The molecular weight excluding hydrogens is 246 g/mol. The lowest BCUT2D eigenvalue weighted by Gasteiger charge is -2.15. The predicted molar refractivity (Wildman–Crippen MR) is 72.2 cm³/mol. The van der Waals surface area contributed by atoms with E-state index >= 15 is 0 Å². The molecular formula is C14H21NO4. The van der Waals surface area contributed by atoms with Crippen molar-refractivity contribution in [2.24, 2.45) is 0 Å². The third-order valence-electron chi connectivity index (χ3n) is 2.91. The third-order valence-corrected chi connectivity index (χ3v) is 2.91. The first kappa shape index (κ1) is 15.5. The zero-order valence-electron chi connectivity index (χ0n) is 11.9. The van der Waals surface area contributed by atoms with Gasteiger partial charge in [-0.1, -0.05) is 12.1 Å². The highest BCUT2D eigenvalue weighted by atomic mass is 16.7. The summed E-state index contributed by atoms with van der Waals surface area (Å²) in [4.78, 5) is 11.6. The van der Waals surface area contributed by atoms with Crippen molar-refractivity contribution in [1.29, 1.82) is 0 Å². The van der Waals surface area contributed by atoms with Gasteiger partial charge in [0.25, 0.3) is 5.91 Å². The van der Waals surface area contributed by atoms with Crippen molar-refractivity contribution in [2.75, 3.05) is 27.4 Å². The molecule has 0 radical (unpaired) electrons. The van der Waals surface area contributed by atoms with E-state index in [9.17, 15) is 4.79 Å². The van der Waals surface area contributed by atoms with Gasteiger partial charge >= 0.3 is 0 Å². The van der Waals surface area contributed by atoms with Crippen molar-refractivity contribution in [3.63, 3.8) is 0 Å². The Kier molecular flexibility index (Phi) is 6.32. The summed E-state index contributed by atoms with van der Waals surface area (Å²) in [5, 5.41) is 2.67. The number of rotatable bonds is 7. The van der Waals surface area contributed by atoms with Crippen LogP contribution in [0.3, 0.4) is 0 Å². The van der Waals surface area contributed by atoms with Crippen LogP contribution in [0.15, 0.2) is 18.2 Å². The number of benzene rings is 1. The standard InChI is InChI=1S/C14H21NO4/c1-10-6-5-7-12(11(10)2)19-9-13(16)15-8-14(17-3)18-4/h5-7,14H,8-9H2,1-4H3,(H,15,16). The van der Waals surface area contributed by atoms with E-state index in [1.807, 2.05) is 32.0 Å². The van der Waals surface area contributed by atoms with E-state index in [1.165, 1.54) is 14.2 Å². The molecule has 0 saturated heterocycles. The topological polar surface area (TPSA) is 56.8 Å². The fourth-order valence-electron chi connectivity index (χ4n) is 1.53. The molecule has 1 rings (SSSR count). The molecule has 0 fully saturated rings. The minimum absolute atomic E-state index is 0.0234. The second kappa shape index (κ2) is 7.76. The van der Waals surface area contributed by atoms with Crippen LogP contribution in [0.2, 0.25) is 0 Å². The maximum atomic E-state index is 11.6. The number of nitrogens with one attached hydrogen (secondary N) is 1. The zero-order chi connectivity index (χ0) is 14.3. The van der Waals surface area contributed by atoms with Gasteiger partial charge in [-0.2, -0.15) is 0 Å². The average molecular weight is 267 g/mol. The largest absolute Gasteiger partial charge is 0.483 e. The van der Waals surface area contributed by atoms with Crippen LogP contribution in [0.1, 0.15) is 11.1 Å². The van der Waals surface area contributed by atoms with Gasteiger partial charge in [-0.25, -0.2) is 0 Å². The van der Waals surface area contributed by atoms with Crippen LogP contribution < -0.4 is 10.1 Å². The van der Waals surface area contributed by atoms with Crippen molar-refractivity contribution in [2.45, 2.75) is 20.1 Å². The van der Waals surface area contributed by atoms with Gasteiger partial charge in [0, 0.05) is 14.2 Å². The summed E-state index contributed by atoms with van der Waals surface area (Å²) >= 11 is 0. The zero-order valence-corrected chi connectivity index (χ0v) is 11.9. The van der Waals surface area contributed by atoms with E-state index in [1.54, 1.807) is 0 Å². The molecule has 0 heterocycles. The summed E-state index contributed by atoms with van der Waals surface area (Å²) in [6.07, 6.45) is -0.440. The van der Waals surface area contributed by atoms with Crippen LogP contribution in [0.5, 0.6) is 5.75 Å². The van der Waals surface area contributed by atoms with Gasteiger partial charge in [0.15, 0.2) is 12.9 Å². The molecule has 1 N–H and O–H groups in total. The maximum absolute atomic E-state index is 11.6. The van der Waals surface area contributed by atoms with Gasteiger partial charge in [-0.3, -0.25) is 4.79 Å². The van der Waals surface area contributed by atoms with E-state index in [-0.39, 0.29) is 12.5 Å². The summed E-state index contributed by atoms with van der Waals surface area (Å²) in [7, 11) is 3.04. The highest BCUT2D eigenvalue weighted by molar-refractivity contribution is 5.77. The monoisotopic (exact) mass is 267 g/mol. The molecule has 0 aliphatic carbocycles. The van der Waals surface area contributed by atoms with Crippen molar-refractivity contribution in [3.05, 3.63) is 29.3 Å². The molecule has 0 saturated carbocycles. The lowest BCUT2D eigenvalue weighted by molar-refractivity contribution is -0.129. The summed E-state index contributed by atoms with van der Waals surface area (Å²) in [5.74, 6) is 0.519. The molecule has 1 aromatic rings. The fourth-order valence-corrected chi connectivity index (χ4v) is 1.53. The molecule has 5 nitrogen and oxygen atoms in total. The highest BCUT2D eigenvalue weighted by Crippen LogP contribution is 2.20. The molecule has 0 bridgehead atoms. The van der Waals surface area contributed by atoms with E-state index < -0.39 is 6.29 Å². The number of aryl methyl sites for hydroxylation is 1. The first-order valence-corrected chi connectivity index (χ1v) is 6.09. The number of hydrogen-bond acceptors (Lipinski definition) is 4. The Morgan fingerprint density at radius 2 is 1.95 bits per heavy atom. The van der Waals surface area contributed by atoms with Crippen molar-refractivity contribution in [1.82, 2.24) is 5.32 Å². The van der Waals surface area contributed by atoms with Crippen molar-refractivity contribution >= 4 is 5.91 Å². The van der Waals surface area contributed by atoms with Crippen LogP contribution in [0.4, 0.5) is 0 Å². The lowest BCUT2D eigenvalue weighted by atomic mass is 10.1. The second-order valence-corrected chi connectivity index (χ2v) is 4.19. The molecule has 0 aliphatic heterocycles. The lowest BCUT2D eigenvalue weighted by Crippen LogP contribution is -2.36. The molecule has 0 spiro atoms. The number of methoxy groups -OCH3 is 2. The predicted octanol–water partition coefficient (Wildman–Crippen LogP) is 1.42. The first-order chi connectivity index (χ1) is 9.08. The minimum Gasteiger partial charge on any atom is -0.483 e. The third kappa shape index (κ3) is 4.89. The Balaban J connectivity index is 2.40. The van der Waals surface area contributed by atoms with Gasteiger partial charge < -0.3 is 19.5 Å². The highest BCUT2D eigenvalue weighted by Gasteiger charge is 2.09. The molecule has 1 amide bonds. The Bertz CT molecular complexity index is 416. The number of hydrogen-bond donors (Lipinski definition) is 1. The quantitative estimate of drug-likeness (QED) is 0.759. The second-order valence-electron chi connectivity index (χ2n) is 4.19. The number of amides is 1. The summed E-state index contributed by atoms with van der Waals surface area (Å²) in [6.45, 7) is 4.24. The Hall–Kier alpha value is -1.59. The smallest absolute Gasteiger partial charge is 0.258 e. The summed E-state index contributed by atoms with van der Waals surface area (Å²) < 4.78 is 15.4. The number of carbonyl (C=O) groups is 1. The Morgan fingerprint density at radius 3 is 2.58 bits per heavy atom. The van der Waals surface area contributed by atoms with Crippen LogP contribution >= 0.6 is 0 Å². The van der Waals surface area contributed by atoms with E-state index in [0.717, 1.165) is 16.9 Å². The van der Waals surface area contributed by atoms with E-state index in [4.69, 9.17) is 14.2 Å². The van der Waals surface area contributed by atoms with Crippen molar-refractivity contribution < 1.29 is 19.0 Å². The van der Waals surface area contributed by atoms with Gasteiger partial charge in [-0.05, 0) is 31.0 Å². The molecule has 5 heteroatoms. The molecule has 0 unspecified atom stereocenters. The fraction of sp³-hybridized carbons (Fsp3) is 0.500. The summed E-state index contributed by atoms with van der Waals surface area (Å²) in [6, 6.07) is 5.76. The SMILES string of the molecule is COC(CNC(=O)COc1cccc(C)c1C)OC. The van der Waals surface area contributed by atoms with Crippen LogP contribution in [0, 0.1) is 13.8 Å². The molecule has 0 aromatic heterocycles. The molecule has 19 heavy (non-hydrogen) atoms. The normalized spacial score (nSPS) is 10.6. The first-order valence-electron chi connectivity index (χ1n) is 6.09. The van der Waals surface area contributed by atoms with Crippen LogP contribution in [-0.2, 0) is 14.3 Å². The van der Waals surface area contributed by atoms with Crippen LogP contribution in [-0.4, -0.2) is 39.6 Å². The summed E-state index contributed by atoms with van der Waals surface area (Å²) in [5.41, 5.74) is 2.18. The van der Waals surface area contributed by atoms with Gasteiger partial charge in [0.2, 0.25) is 0 Å². The molecule has 0 aliphatic rings. The molecule has 1 aromatic carbocycles. The van der Waals surface area contributed by atoms with Gasteiger partial charge in [-0.15, -0.1) is 0 Å². The minimum atomic E-state index is -0.440. The van der Waals surface area contributed by atoms with Gasteiger partial charge in [0.05, 0.1) is 6.54 Å². The van der Waals surface area contributed by atoms with Gasteiger partial charge in [0.1, 0.15) is 5.75 Å². The van der Waals surface area contributed by atoms with E-state index in [2.05, 4.69) is 5.32 Å². The molecule has 0 atom stereocenters. The Labute approximate surface area is 113 Å². The van der Waals surface area contributed by atoms with E-state index in [0.29, 0.717) is 6.54 Å². The Morgan fingerprint density at radius 1 is 1.26 bits per heavy atom. The molecule has 106 valence electrons. The number of carbonyl (C=O) groups excluding carboxylic acids is 1. The average Bonchev–Trinajstić information content (AvgIpc) is 2.41. The maximum Gasteiger partial charge on any atom is 0.258 e. The number of ether oxygens (including phenoxy) is 3. The van der Waals surface area contributed by atoms with Crippen LogP contribution in [0.25, 0.3) is 0 Å². The van der Waals surface area contributed by atoms with Crippen molar-refractivity contribution in [3.8, 4) is 5.75 Å².